The van der Waals surface area contributed by atoms with E-state index in [0.717, 1.165) is 19.5 Å². The molecule has 4 nitrogen and oxygen atoms in total. The van der Waals surface area contributed by atoms with Crippen molar-refractivity contribution in [2.75, 3.05) is 13.6 Å². The third kappa shape index (κ3) is 3.01. The van der Waals surface area contributed by atoms with Crippen LogP contribution in [-0.2, 0) is 19.4 Å². The summed E-state index contributed by atoms with van der Waals surface area (Å²) in [5.74, 6) is 0. The van der Waals surface area contributed by atoms with Gasteiger partial charge in [0.05, 0.1) is 11.7 Å². The number of fused-ring (bicyclic) bond motifs is 2. The topological polar surface area (TPSA) is 41.1 Å². The number of aromatic nitrogens is 2. The Morgan fingerprint density at radius 3 is 2.91 bits per heavy atom. The quantitative estimate of drug-likeness (QED) is 0.946. The molecule has 2 aromatic heterocycles. The van der Waals surface area contributed by atoms with Crippen molar-refractivity contribution in [2.45, 2.75) is 44.3 Å². The third-order valence-corrected chi connectivity index (χ3v) is 5.21. The van der Waals surface area contributed by atoms with Gasteiger partial charge in [-0.05, 0) is 49.6 Å². The maximum atomic E-state index is 4.68. The highest BCUT2D eigenvalue weighted by atomic mass is 15.2. The van der Waals surface area contributed by atoms with E-state index in [4.69, 9.17) is 0 Å². The van der Waals surface area contributed by atoms with Gasteiger partial charge in [-0.1, -0.05) is 12.1 Å². The molecule has 0 bridgehead atoms. The minimum atomic E-state index is 0.451. The molecule has 120 valence electrons. The monoisotopic (exact) mass is 308 g/mol. The Bertz CT molecular complexity index is 685. The summed E-state index contributed by atoms with van der Waals surface area (Å²) in [7, 11) is 2.24. The van der Waals surface area contributed by atoms with Gasteiger partial charge in [-0.2, -0.15) is 0 Å². The van der Waals surface area contributed by atoms with E-state index in [0.29, 0.717) is 12.1 Å². The van der Waals surface area contributed by atoms with Crippen molar-refractivity contribution in [1.29, 1.82) is 0 Å². The van der Waals surface area contributed by atoms with Crippen molar-refractivity contribution < 1.29 is 0 Å². The zero-order valence-electron chi connectivity index (χ0n) is 13.7. The van der Waals surface area contributed by atoms with Crippen LogP contribution in [-0.4, -0.2) is 34.5 Å². The summed E-state index contributed by atoms with van der Waals surface area (Å²) < 4.78 is 0. The van der Waals surface area contributed by atoms with E-state index < -0.39 is 0 Å². The number of rotatable bonds is 3. The number of likely N-dealkylation sites (N-methyl/N-ethyl adjacent to an activating group) is 1. The number of hydrogen-bond donors (Lipinski definition) is 1. The second-order valence-corrected chi connectivity index (χ2v) is 6.79. The van der Waals surface area contributed by atoms with Gasteiger partial charge in [-0.25, -0.2) is 0 Å². The molecule has 2 aromatic rings. The predicted octanol–water partition coefficient (Wildman–Crippen LogP) is 2.50. The SMILES string of the molecule is CN(C[C@H]1Cc2ncccc2CN1)[C@H]1CCCc2cccnc21. The van der Waals surface area contributed by atoms with Gasteiger partial charge in [0.1, 0.15) is 0 Å². The maximum absolute atomic E-state index is 4.68. The second-order valence-electron chi connectivity index (χ2n) is 6.79. The van der Waals surface area contributed by atoms with Gasteiger partial charge >= 0.3 is 0 Å². The molecular formula is C19H24N4. The lowest BCUT2D eigenvalue weighted by molar-refractivity contribution is 0.190. The van der Waals surface area contributed by atoms with Crippen LogP contribution in [0.2, 0.25) is 0 Å². The van der Waals surface area contributed by atoms with Crippen molar-refractivity contribution >= 4 is 0 Å². The second kappa shape index (κ2) is 6.38. The summed E-state index contributed by atoms with van der Waals surface area (Å²) in [5, 5.41) is 3.67. The zero-order valence-corrected chi connectivity index (χ0v) is 13.7. The van der Waals surface area contributed by atoms with Gasteiger partial charge < -0.3 is 5.32 Å². The fourth-order valence-corrected chi connectivity index (χ4v) is 3.99. The van der Waals surface area contributed by atoms with Gasteiger partial charge in [-0.15, -0.1) is 0 Å². The van der Waals surface area contributed by atoms with Crippen LogP contribution >= 0.6 is 0 Å². The molecule has 0 amide bonds. The molecule has 1 aliphatic heterocycles. The molecule has 0 fully saturated rings. The van der Waals surface area contributed by atoms with Crippen LogP contribution in [0.4, 0.5) is 0 Å². The third-order valence-electron chi connectivity index (χ3n) is 5.21. The standard InChI is InChI=1S/C19H24N4/c1-23(18-8-2-5-14-6-3-10-21-19(14)18)13-16-11-17-15(12-22-16)7-4-9-20-17/h3-4,6-7,9-10,16,18,22H,2,5,8,11-13H2,1H3/t16-,18+/m1/s1. The lowest BCUT2D eigenvalue weighted by atomic mass is 9.90. The van der Waals surface area contributed by atoms with Gasteiger partial charge in [0, 0.05) is 43.6 Å². The molecule has 23 heavy (non-hydrogen) atoms. The normalized spacial score (nSPS) is 23.4. The summed E-state index contributed by atoms with van der Waals surface area (Å²) in [6, 6.07) is 9.42. The average Bonchev–Trinajstić information content (AvgIpc) is 2.61. The Labute approximate surface area is 138 Å². The highest BCUT2D eigenvalue weighted by Gasteiger charge is 2.27. The van der Waals surface area contributed by atoms with Gasteiger partial charge in [0.25, 0.3) is 0 Å². The molecular weight excluding hydrogens is 284 g/mol. The molecule has 2 atom stereocenters. The molecule has 1 N–H and O–H groups in total. The Balaban J connectivity index is 1.46. The molecule has 0 unspecified atom stereocenters. The van der Waals surface area contributed by atoms with Crippen LogP contribution in [0.5, 0.6) is 0 Å². The highest BCUT2D eigenvalue weighted by Crippen LogP contribution is 2.32. The lowest BCUT2D eigenvalue weighted by Gasteiger charge is -2.36. The first kappa shape index (κ1) is 14.8. The van der Waals surface area contributed by atoms with E-state index >= 15 is 0 Å². The maximum Gasteiger partial charge on any atom is 0.0607 e. The van der Waals surface area contributed by atoms with Crippen LogP contribution in [0.3, 0.4) is 0 Å². The molecule has 0 saturated carbocycles. The number of aryl methyl sites for hydroxylation is 1. The molecule has 4 heteroatoms. The van der Waals surface area contributed by atoms with Crippen LogP contribution < -0.4 is 5.32 Å². The van der Waals surface area contributed by atoms with Gasteiger partial charge in [0.2, 0.25) is 0 Å². The summed E-state index contributed by atoms with van der Waals surface area (Å²) in [5.41, 5.74) is 5.32. The summed E-state index contributed by atoms with van der Waals surface area (Å²) in [6.45, 7) is 1.97. The van der Waals surface area contributed by atoms with E-state index in [2.05, 4.69) is 45.4 Å². The molecule has 0 saturated heterocycles. The minimum Gasteiger partial charge on any atom is -0.308 e. The number of hydrogen-bond acceptors (Lipinski definition) is 4. The molecule has 0 radical (unpaired) electrons. The van der Waals surface area contributed by atoms with Crippen LogP contribution in [0.1, 0.15) is 41.4 Å². The van der Waals surface area contributed by atoms with Crippen LogP contribution in [0.15, 0.2) is 36.7 Å². The smallest absolute Gasteiger partial charge is 0.0607 e. The lowest BCUT2D eigenvalue weighted by Crippen LogP contribution is -2.45. The average molecular weight is 308 g/mol. The number of nitrogens with zero attached hydrogens (tertiary/aromatic N) is 3. The first-order valence-electron chi connectivity index (χ1n) is 8.61. The largest absolute Gasteiger partial charge is 0.308 e. The first-order valence-corrected chi connectivity index (χ1v) is 8.61. The molecule has 0 spiro atoms. The molecule has 0 aromatic carbocycles. The molecule has 4 rings (SSSR count). The summed E-state index contributed by atoms with van der Waals surface area (Å²) in [6.07, 6.45) is 8.50. The molecule has 2 aliphatic rings. The Kier molecular flexibility index (Phi) is 4.10. The van der Waals surface area contributed by atoms with Gasteiger partial charge in [0.15, 0.2) is 0 Å². The highest BCUT2D eigenvalue weighted by molar-refractivity contribution is 5.26. The van der Waals surface area contributed by atoms with Crippen molar-refractivity contribution in [1.82, 2.24) is 20.2 Å². The Morgan fingerprint density at radius 2 is 2.00 bits per heavy atom. The Hall–Kier alpha value is -1.78. The number of nitrogens with one attached hydrogen (secondary N) is 1. The Morgan fingerprint density at radius 1 is 1.17 bits per heavy atom. The summed E-state index contributed by atoms with van der Waals surface area (Å²) in [4.78, 5) is 11.7. The molecule has 3 heterocycles. The number of pyridine rings is 2. The molecule has 1 aliphatic carbocycles. The minimum absolute atomic E-state index is 0.451. The van der Waals surface area contributed by atoms with E-state index in [-0.39, 0.29) is 0 Å². The van der Waals surface area contributed by atoms with Crippen molar-refractivity contribution in [3.05, 3.63) is 59.2 Å². The fraction of sp³-hybridized carbons (Fsp3) is 0.474. The van der Waals surface area contributed by atoms with E-state index in [1.54, 1.807) is 0 Å². The van der Waals surface area contributed by atoms with Gasteiger partial charge in [-0.3, -0.25) is 14.9 Å². The first-order chi connectivity index (χ1) is 11.3. The van der Waals surface area contributed by atoms with E-state index in [1.807, 2.05) is 18.5 Å². The van der Waals surface area contributed by atoms with Crippen molar-refractivity contribution in [3.8, 4) is 0 Å². The predicted molar refractivity (Wildman–Crippen MR) is 91.1 cm³/mol. The van der Waals surface area contributed by atoms with Crippen molar-refractivity contribution in [2.24, 2.45) is 0 Å². The van der Waals surface area contributed by atoms with E-state index in [9.17, 15) is 0 Å². The van der Waals surface area contributed by atoms with Crippen LogP contribution in [0.25, 0.3) is 0 Å². The zero-order chi connectivity index (χ0) is 15.6. The van der Waals surface area contributed by atoms with E-state index in [1.165, 1.54) is 41.8 Å². The fourth-order valence-electron chi connectivity index (χ4n) is 3.99. The summed E-state index contributed by atoms with van der Waals surface area (Å²) >= 11 is 0. The van der Waals surface area contributed by atoms with Crippen LogP contribution in [0, 0.1) is 0 Å². The van der Waals surface area contributed by atoms with Crippen molar-refractivity contribution in [3.63, 3.8) is 0 Å².